The number of benzene rings is 1. The summed E-state index contributed by atoms with van der Waals surface area (Å²) in [5, 5.41) is 22.3. The molecule has 1 saturated heterocycles. The van der Waals surface area contributed by atoms with Crippen molar-refractivity contribution in [2.75, 3.05) is 19.6 Å². The SMILES string of the molecule is Cn1c(CO)nc2cc(C(=O)N[C@H]3CCN(CC(C)(C)O)C3)ccc21. The molecule has 1 aromatic heterocycles. The summed E-state index contributed by atoms with van der Waals surface area (Å²) in [5.74, 6) is 0.457. The molecule has 1 aliphatic heterocycles. The third-order valence-corrected chi connectivity index (χ3v) is 4.60. The molecule has 3 rings (SSSR count). The van der Waals surface area contributed by atoms with Crippen LogP contribution in [-0.4, -0.2) is 61.8 Å². The summed E-state index contributed by atoms with van der Waals surface area (Å²) in [6.45, 7) is 5.67. The molecular weight excluding hydrogens is 320 g/mol. The quantitative estimate of drug-likeness (QED) is 0.739. The lowest BCUT2D eigenvalue weighted by Crippen LogP contribution is -2.41. The van der Waals surface area contributed by atoms with Gasteiger partial charge >= 0.3 is 0 Å². The van der Waals surface area contributed by atoms with Gasteiger partial charge in [0, 0.05) is 38.3 Å². The number of aliphatic hydroxyl groups is 2. The minimum Gasteiger partial charge on any atom is -0.389 e. The van der Waals surface area contributed by atoms with Crippen LogP contribution in [0.2, 0.25) is 0 Å². The summed E-state index contributed by atoms with van der Waals surface area (Å²) in [4.78, 5) is 19.1. The fraction of sp³-hybridized carbons (Fsp3) is 0.556. The summed E-state index contributed by atoms with van der Waals surface area (Å²) in [6, 6.07) is 5.48. The summed E-state index contributed by atoms with van der Waals surface area (Å²) < 4.78 is 1.82. The van der Waals surface area contributed by atoms with Crippen LogP contribution in [0.4, 0.5) is 0 Å². The summed E-state index contributed by atoms with van der Waals surface area (Å²) in [5.41, 5.74) is 1.43. The number of nitrogens with one attached hydrogen (secondary N) is 1. The lowest BCUT2D eigenvalue weighted by molar-refractivity contribution is 0.0433. The number of rotatable bonds is 5. The molecule has 1 fully saturated rings. The van der Waals surface area contributed by atoms with Crippen LogP contribution in [0, 0.1) is 0 Å². The van der Waals surface area contributed by atoms with E-state index in [4.69, 9.17) is 0 Å². The van der Waals surface area contributed by atoms with Crippen LogP contribution in [-0.2, 0) is 13.7 Å². The molecule has 2 heterocycles. The van der Waals surface area contributed by atoms with E-state index in [2.05, 4.69) is 15.2 Å². The maximum atomic E-state index is 12.5. The highest BCUT2D eigenvalue weighted by Gasteiger charge is 2.28. The standard InChI is InChI=1S/C18H26N4O3/c1-18(2,25)11-22-7-6-13(9-22)19-17(24)12-4-5-15-14(8-12)20-16(10-23)21(15)3/h4-5,8,13,23,25H,6-7,9-11H2,1-3H3,(H,19,24)/t13-/m0/s1. The zero-order chi connectivity index (χ0) is 18.2. The Labute approximate surface area is 147 Å². The van der Waals surface area contributed by atoms with Gasteiger partial charge in [-0.3, -0.25) is 9.69 Å². The van der Waals surface area contributed by atoms with Crippen molar-refractivity contribution < 1.29 is 15.0 Å². The van der Waals surface area contributed by atoms with Crippen LogP contribution < -0.4 is 5.32 Å². The number of hydrogen-bond acceptors (Lipinski definition) is 5. The Morgan fingerprint density at radius 3 is 2.88 bits per heavy atom. The second-order valence-electron chi connectivity index (χ2n) is 7.46. The Morgan fingerprint density at radius 2 is 2.20 bits per heavy atom. The molecule has 1 amide bonds. The average molecular weight is 346 g/mol. The number of hydrogen-bond donors (Lipinski definition) is 3. The van der Waals surface area contributed by atoms with Crippen LogP contribution in [0.3, 0.4) is 0 Å². The second kappa shape index (κ2) is 6.74. The van der Waals surface area contributed by atoms with E-state index in [1.54, 1.807) is 26.0 Å². The number of aliphatic hydroxyl groups excluding tert-OH is 1. The molecule has 0 saturated carbocycles. The fourth-order valence-corrected chi connectivity index (χ4v) is 3.44. The molecule has 7 nitrogen and oxygen atoms in total. The molecule has 0 spiro atoms. The van der Waals surface area contributed by atoms with E-state index >= 15 is 0 Å². The molecule has 1 aliphatic rings. The van der Waals surface area contributed by atoms with Crippen molar-refractivity contribution in [3.63, 3.8) is 0 Å². The summed E-state index contributed by atoms with van der Waals surface area (Å²) in [6.07, 6.45) is 0.877. The number of carbonyl (C=O) groups is 1. The number of carbonyl (C=O) groups excluding carboxylic acids is 1. The Morgan fingerprint density at radius 1 is 1.44 bits per heavy atom. The first-order chi connectivity index (χ1) is 11.8. The van der Waals surface area contributed by atoms with Gasteiger partial charge in [0.25, 0.3) is 5.91 Å². The van der Waals surface area contributed by atoms with Gasteiger partial charge in [-0.2, -0.15) is 0 Å². The van der Waals surface area contributed by atoms with Crippen molar-refractivity contribution >= 4 is 16.9 Å². The normalized spacial score (nSPS) is 18.8. The first-order valence-corrected chi connectivity index (χ1v) is 8.58. The van der Waals surface area contributed by atoms with E-state index in [0.29, 0.717) is 23.4 Å². The molecular formula is C18H26N4O3. The van der Waals surface area contributed by atoms with Crippen molar-refractivity contribution in [1.82, 2.24) is 19.8 Å². The van der Waals surface area contributed by atoms with Crippen molar-refractivity contribution in [1.29, 1.82) is 0 Å². The van der Waals surface area contributed by atoms with Gasteiger partial charge in [-0.15, -0.1) is 0 Å². The molecule has 0 aliphatic carbocycles. The van der Waals surface area contributed by atoms with Crippen molar-refractivity contribution in [3.8, 4) is 0 Å². The van der Waals surface area contributed by atoms with Crippen LogP contribution in [0.25, 0.3) is 11.0 Å². The number of β-amino-alcohol motifs (C(OH)–C–C–N with tert-alkyl or cyclic N) is 1. The highest BCUT2D eigenvalue weighted by Crippen LogP contribution is 2.18. The number of nitrogens with zero attached hydrogens (tertiary/aromatic N) is 3. The molecule has 2 aromatic rings. The van der Waals surface area contributed by atoms with Gasteiger partial charge in [-0.1, -0.05) is 0 Å². The molecule has 1 atom stereocenters. The topological polar surface area (TPSA) is 90.6 Å². The Hall–Kier alpha value is -1.96. The highest BCUT2D eigenvalue weighted by atomic mass is 16.3. The van der Waals surface area contributed by atoms with Gasteiger partial charge in [0.05, 0.1) is 16.6 Å². The average Bonchev–Trinajstić information content (AvgIpc) is 3.09. The number of likely N-dealkylation sites (tertiary alicyclic amines) is 1. The zero-order valence-electron chi connectivity index (χ0n) is 15.0. The Kier molecular flexibility index (Phi) is 4.81. The van der Waals surface area contributed by atoms with E-state index in [1.165, 1.54) is 0 Å². The minimum atomic E-state index is -0.729. The third kappa shape index (κ3) is 4.00. The Bertz CT molecular complexity index is 778. The van der Waals surface area contributed by atoms with E-state index < -0.39 is 5.60 Å². The number of amides is 1. The van der Waals surface area contributed by atoms with Crippen LogP contribution in [0.1, 0.15) is 36.5 Å². The van der Waals surface area contributed by atoms with Crippen molar-refractivity contribution in [2.45, 2.75) is 38.5 Å². The van der Waals surface area contributed by atoms with Gasteiger partial charge in [-0.05, 0) is 38.5 Å². The first kappa shape index (κ1) is 17.8. The van der Waals surface area contributed by atoms with Gasteiger partial charge in [0.1, 0.15) is 12.4 Å². The predicted octanol–water partition coefficient (Wildman–Crippen LogP) is 0.641. The molecule has 1 aromatic carbocycles. The number of aryl methyl sites for hydroxylation is 1. The molecule has 136 valence electrons. The number of fused-ring (bicyclic) bond motifs is 1. The highest BCUT2D eigenvalue weighted by molar-refractivity contribution is 5.97. The monoisotopic (exact) mass is 346 g/mol. The second-order valence-corrected chi connectivity index (χ2v) is 7.46. The first-order valence-electron chi connectivity index (χ1n) is 8.58. The summed E-state index contributed by atoms with van der Waals surface area (Å²) in [7, 11) is 1.84. The molecule has 0 unspecified atom stereocenters. The van der Waals surface area contributed by atoms with E-state index in [0.717, 1.165) is 25.0 Å². The van der Waals surface area contributed by atoms with Crippen LogP contribution in [0.15, 0.2) is 18.2 Å². The van der Waals surface area contributed by atoms with Crippen molar-refractivity contribution in [3.05, 3.63) is 29.6 Å². The largest absolute Gasteiger partial charge is 0.389 e. The van der Waals surface area contributed by atoms with Gasteiger partial charge in [0.2, 0.25) is 0 Å². The predicted molar refractivity (Wildman–Crippen MR) is 95.2 cm³/mol. The minimum absolute atomic E-state index is 0.0854. The molecule has 3 N–H and O–H groups in total. The molecule has 0 radical (unpaired) electrons. The van der Waals surface area contributed by atoms with Crippen LogP contribution >= 0.6 is 0 Å². The molecule has 0 bridgehead atoms. The molecule has 25 heavy (non-hydrogen) atoms. The Balaban J connectivity index is 1.67. The summed E-state index contributed by atoms with van der Waals surface area (Å²) >= 11 is 0. The van der Waals surface area contributed by atoms with E-state index in [-0.39, 0.29) is 18.6 Å². The number of aromatic nitrogens is 2. The van der Waals surface area contributed by atoms with E-state index in [1.807, 2.05) is 17.7 Å². The molecule has 7 heteroatoms. The third-order valence-electron chi connectivity index (χ3n) is 4.60. The smallest absolute Gasteiger partial charge is 0.251 e. The fourth-order valence-electron chi connectivity index (χ4n) is 3.44. The lowest BCUT2D eigenvalue weighted by Gasteiger charge is -2.25. The van der Waals surface area contributed by atoms with Gasteiger partial charge in [0.15, 0.2) is 0 Å². The maximum Gasteiger partial charge on any atom is 0.251 e. The van der Waals surface area contributed by atoms with Crippen LogP contribution in [0.5, 0.6) is 0 Å². The van der Waals surface area contributed by atoms with Crippen molar-refractivity contribution in [2.24, 2.45) is 7.05 Å². The number of imidazole rings is 1. The maximum absolute atomic E-state index is 12.5. The van der Waals surface area contributed by atoms with Gasteiger partial charge in [-0.25, -0.2) is 4.98 Å². The van der Waals surface area contributed by atoms with E-state index in [9.17, 15) is 15.0 Å². The zero-order valence-corrected chi connectivity index (χ0v) is 15.0. The van der Waals surface area contributed by atoms with Gasteiger partial charge < -0.3 is 20.1 Å². The lowest BCUT2D eigenvalue weighted by atomic mass is 10.1.